The first-order chi connectivity index (χ1) is 6.27. The molecule has 0 fully saturated rings. The molecule has 0 N–H and O–H groups in total. The maximum absolute atomic E-state index is 10.8. The predicted molar refractivity (Wildman–Crippen MR) is 46.5 cm³/mol. The van der Waals surface area contributed by atoms with E-state index in [9.17, 15) is 9.59 Å². The topological polar surface area (TPSA) is 48.3 Å². The van der Waals surface area contributed by atoms with Crippen molar-refractivity contribution in [3.63, 3.8) is 0 Å². The van der Waals surface area contributed by atoms with Crippen molar-refractivity contribution in [3.05, 3.63) is 24.0 Å². The molecule has 70 valence electrons. The van der Waals surface area contributed by atoms with E-state index in [1.54, 1.807) is 22.9 Å². The molecule has 0 saturated heterocycles. The van der Waals surface area contributed by atoms with Crippen LogP contribution in [0.5, 0.6) is 0 Å². The Labute approximate surface area is 76.1 Å². The smallest absolute Gasteiger partial charge is 0.307 e. The molecule has 0 aromatic carbocycles. The Hall–Kier alpha value is -1.58. The first-order valence-electron chi connectivity index (χ1n) is 3.95. The van der Waals surface area contributed by atoms with Crippen LogP contribution in [0.2, 0.25) is 0 Å². The lowest BCUT2D eigenvalue weighted by Gasteiger charge is -2.03. The summed E-state index contributed by atoms with van der Waals surface area (Å²) in [5, 5.41) is 0. The number of nitrogens with zero attached hydrogens (tertiary/aromatic N) is 1. The molecule has 0 atom stereocenters. The number of aldehydes is 1. The van der Waals surface area contributed by atoms with E-state index >= 15 is 0 Å². The molecule has 0 saturated carbocycles. The van der Waals surface area contributed by atoms with Crippen LogP contribution in [0.25, 0.3) is 0 Å². The number of carbonyl (C=O) groups excluding carboxylic acids is 2. The van der Waals surface area contributed by atoms with Gasteiger partial charge in [-0.2, -0.15) is 0 Å². The Morgan fingerprint density at radius 2 is 2.46 bits per heavy atom. The molecule has 1 heterocycles. The van der Waals surface area contributed by atoms with Crippen molar-refractivity contribution in [2.75, 3.05) is 7.11 Å². The van der Waals surface area contributed by atoms with Gasteiger partial charge >= 0.3 is 5.97 Å². The Morgan fingerprint density at radius 3 is 3.08 bits per heavy atom. The van der Waals surface area contributed by atoms with Gasteiger partial charge in [0, 0.05) is 12.7 Å². The van der Waals surface area contributed by atoms with E-state index in [1.807, 2.05) is 0 Å². The second-order valence-corrected chi connectivity index (χ2v) is 2.57. The normalized spacial score (nSPS) is 9.62. The van der Waals surface area contributed by atoms with Crippen molar-refractivity contribution in [2.24, 2.45) is 0 Å². The Balaban J connectivity index is 2.53. The van der Waals surface area contributed by atoms with Gasteiger partial charge < -0.3 is 9.30 Å². The Kier molecular flexibility index (Phi) is 3.25. The zero-order chi connectivity index (χ0) is 9.68. The fourth-order valence-electron chi connectivity index (χ4n) is 1.05. The monoisotopic (exact) mass is 181 g/mol. The third-order valence-corrected chi connectivity index (χ3v) is 1.77. The molecule has 0 spiro atoms. The number of methoxy groups -OCH3 is 1. The van der Waals surface area contributed by atoms with Crippen molar-refractivity contribution in [1.82, 2.24) is 4.57 Å². The zero-order valence-electron chi connectivity index (χ0n) is 7.40. The summed E-state index contributed by atoms with van der Waals surface area (Å²) in [4.78, 5) is 21.2. The van der Waals surface area contributed by atoms with Gasteiger partial charge in [0.25, 0.3) is 0 Å². The van der Waals surface area contributed by atoms with Crippen molar-refractivity contribution in [3.8, 4) is 0 Å². The van der Waals surface area contributed by atoms with Crippen LogP contribution in [0.4, 0.5) is 0 Å². The Morgan fingerprint density at radius 1 is 1.69 bits per heavy atom. The molecule has 0 radical (unpaired) electrons. The minimum Gasteiger partial charge on any atom is -0.469 e. The van der Waals surface area contributed by atoms with Crippen LogP contribution in [0.3, 0.4) is 0 Å². The largest absolute Gasteiger partial charge is 0.469 e. The van der Waals surface area contributed by atoms with Crippen LogP contribution in [-0.2, 0) is 16.1 Å². The van der Waals surface area contributed by atoms with E-state index in [0.29, 0.717) is 12.2 Å². The third-order valence-electron chi connectivity index (χ3n) is 1.77. The van der Waals surface area contributed by atoms with Crippen molar-refractivity contribution in [2.45, 2.75) is 13.0 Å². The van der Waals surface area contributed by atoms with Gasteiger partial charge in [-0.1, -0.05) is 0 Å². The first kappa shape index (κ1) is 9.51. The van der Waals surface area contributed by atoms with E-state index in [4.69, 9.17) is 0 Å². The number of ether oxygens (including phenoxy) is 1. The van der Waals surface area contributed by atoms with Gasteiger partial charge in [-0.05, 0) is 12.1 Å². The molecule has 4 heteroatoms. The summed E-state index contributed by atoms with van der Waals surface area (Å²) in [5.74, 6) is -0.273. The number of esters is 1. The number of aryl methyl sites for hydroxylation is 1. The summed E-state index contributed by atoms with van der Waals surface area (Å²) in [5.41, 5.74) is 0.573. The van der Waals surface area contributed by atoms with Gasteiger partial charge in [0.2, 0.25) is 0 Å². The molecule has 1 aromatic rings. The first-order valence-corrected chi connectivity index (χ1v) is 3.95. The number of hydrogen-bond donors (Lipinski definition) is 0. The fourth-order valence-corrected chi connectivity index (χ4v) is 1.05. The molecule has 1 aromatic heterocycles. The van der Waals surface area contributed by atoms with Crippen LogP contribution in [0.1, 0.15) is 16.9 Å². The van der Waals surface area contributed by atoms with E-state index in [0.717, 1.165) is 6.29 Å². The highest BCUT2D eigenvalue weighted by atomic mass is 16.5. The van der Waals surface area contributed by atoms with Crippen LogP contribution in [-0.4, -0.2) is 23.9 Å². The van der Waals surface area contributed by atoms with E-state index in [2.05, 4.69) is 4.74 Å². The molecular formula is C9H11NO3. The lowest BCUT2D eigenvalue weighted by molar-refractivity contribution is -0.140. The lowest BCUT2D eigenvalue weighted by atomic mass is 10.4. The van der Waals surface area contributed by atoms with E-state index in [1.165, 1.54) is 7.11 Å². The Bertz CT molecular complexity index is 304. The van der Waals surface area contributed by atoms with Crippen LogP contribution in [0, 0.1) is 0 Å². The molecule has 13 heavy (non-hydrogen) atoms. The minimum absolute atomic E-state index is 0.273. The summed E-state index contributed by atoms with van der Waals surface area (Å²) >= 11 is 0. The van der Waals surface area contributed by atoms with Crippen molar-refractivity contribution in [1.29, 1.82) is 0 Å². The molecule has 1 rings (SSSR count). The van der Waals surface area contributed by atoms with Crippen LogP contribution < -0.4 is 0 Å². The molecular weight excluding hydrogens is 170 g/mol. The minimum atomic E-state index is -0.273. The highest BCUT2D eigenvalue weighted by Crippen LogP contribution is 2.00. The number of aromatic nitrogens is 1. The molecule has 0 aliphatic rings. The summed E-state index contributed by atoms with van der Waals surface area (Å²) in [6.45, 7) is 0.480. The maximum Gasteiger partial charge on any atom is 0.307 e. The highest BCUT2D eigenvalue weighted by molar-refractivity contribution is 5.72. The van der Waals surface area contributed by atoms with Gasteiger partial charge in [0.1, 0.15) is 0 Å². The lowest BCUT2D eigenvalue weighted by Crippen LogP contribution is -2.08. The standard InChI is InChI=1S/C9H11NO3/c1-13-9(12)4-6-10-5-2-3-8(10)7-11/h2-3,5,7H,4,6H2,1H3. The predicted octanol–water partition coefficient (Wildman–Crippen LogP) is 0.864. The van der Waals surface area contributed by atoms with Crippen LogP contribution >= 0.6 is 0 Å². The average molecular weight is 181 g/mol. The van der Waals surface area contributed by atoms with Gasteiger partial charge in [-0.25, -0.2) is 0 Å². The van der Waals surface area contributed by atoms with E-state index in [-0.39, 0.29) is 12.4 Å². The van der Waals surface area contributed by atoms with E-state index < -0.39 is 0 Å². The van der Waals surface area contributed by atoms with Gasteiger partial charge in [-0.3, -0.25) is 9.59 Å². The van der Waals surface area contributed by atoms with Crippen molar-refractivity contribution >= 4 is 12.3 Å². The number of carbonyl (C=O) groups is 2. The van der Waals surface area contributed by atoms with Gasteiger partial charge in [0.15, 0.2) is 6.29 Å². The van der Waals surface area contributed by atoms with Crippen LogP contribution in [0.15, 0.2) is 18.3 Å². The number of hydrogen-bond acceptors (Lipinski definition) is 3. The summed E-state index contributed by atoms with van der Waals surface area (Å²) in [7, 11) is 1.35. The highest BCUT2D eigenvalue weighted by Gasteiger charge is 2.03. The SMILES string of the molecule is COC(=O)CCn1cccc1C=O. The second kappa shape index (κ2) is 4.45. The average Bonchev–Trinajstić information content (AvgIpc) is 2.61. The summed E-state index contributed by atoms with van der Waals surface area (Å²) in [6, 6.07) is 3.46. The van der Waals surface area contributed by atoms with Gasteiger partial charge in [-0.15, -0.1) is 0 Å². The molecule has 0 bridgehead atoms. The summed E-state index contributed by atoms with van der Waals surface area (Å²) < 4.78 is 6.19. The second-order valence-electron chi connectivity index (χ2n) is 2.57. The molecule has 4 nitrogen and oxygen atoms in total. The molecule has 0 unspecified atom stereocenters. The maximum atomic E-state index is 10.8. The fraction of sp³-hybridized carbons (Fsp3) is 0.333. The number of rotatable bonds is 4. The summed E-state index contributed by atoms with van der Waals surface area (Å²) in [6.07, 6.45) is 2.80. The molecule has 0 aliphatic carbocycles. The quantitative estimate of drug-likeness (QED) is 0.511. The third kappa shape index (κ3) is 2.43. The van der Waals surface area contributed by atoms with Crippen molar-refractivity contribution < 1.29 is 14.3 Å². The molecule has 0 amide bonds. The zero-order valence-corrected chi connectivity index (χ0v) is 7.40. The van der Waals surface area contributed by atoms with Gasteiger partial charge in [0.05, 0.1) is 19.2 Å². The molecule has 0 aliphatic heterocycles.